The van der Waals surface area contributed by atoms with Gasteiger partial charge in [0.1, 0.15) is 0 Å². The molecule has 0 aromatic heterocycles. The molecule has 0 fully saturated rings. The molecule has 0 N–H and O–H groups in total. The van der Waals surface area contributed by atoms with Gasteiger partial charge in [0.25, 0.3) is 11.8 Å². The van der Waals surface area contributed by atoms with E-state index in [0.717, 1.165) is 4.90 Å². The number of carbonyl (C=O) groups is 3. The largest absolute Gasteiger partial charge is 0.550 e. The van der Waals surface area contributed by atoms with E-state index in [4.69, 9.17) is 9.47 Å². The summed E-state index contributed by atoms with van der Waals surface area (Å²) in [5, 5.41) is 10.9. The lowest BCUT2D eigenvalue weighted by molar-refractivity contribution is -0.305. The first-order valence-corrected chi connectivity index (χ1v) is 9.99. The minimum Gasteiger partial charge on any atom is -0.550 e. The van der Waals surface area contributed by atoms with Crippen molar-refractivity contribution in [2.24, 2.45) is 5.92 Å². The molecule has 3 rings (SSSR count). The van der Waals surface area contributed by atoms with Gasteiger partial charge in [0.15, 0.2) is 11.5 Å². The second-order valence-corrected chi connectivity index (χ2v) is 7.60. The molecule has 2 amide bonds. The van der Waals surface area contributed by atoms with Gasteiger partial charge in [-0.1, -0.05) is 38.1 Å². The molecule has 2 aromatic carbocycles. The van der Waals surface area contributed by atoms with Crippen LogP contribution in [0.3, 0.4) is 0 Å². The van der Waals surface area contributed by atoms with Crippen LogP contribution in [-0.2, 0) is 9.59 Å². The van der Waals surface area contributed by atoms with Crippen molar-refractivity contribution in [2.75, 3.05) is 20.3 Å². The molecule has 1 aliphatic rings. The van der Waals surface area contributed by atoms with Crippen LogP contribution in [-0.4, -0.2) is 42.9 Å². The van der Waals surface area contributed by atoms with Crippen LogP contribution in [0, 0.1) is 5.92 Å². The molecular formula is C24H24NO6-. The molecule has 1 heterocycles. The highest BCUT2D eigenvalue weighted by Gasteiger charge is 2.34. The molecule has 2 aromatic rings. The van der Waals surface area contributed by atoms with Crippen molar-refractivity contribution >= 4 is 29.4 Å². The first-order valence-electron chi connectivity index (χ1n) is 9.99. The molecule has 0 radical (unpaired) electrons. The Bertz CT molecular complexity index is 1040. The summed E-state index contributed by atoms with van der Waals surface area (Å²) in [4.78, 5) is 37.6. The highest BCUT2D eigenvalue weighted by atomic mass is 16.5. The summed E-state index contributed by atoms with van der Waals surface area (Å²) < 4.78 is 11.2. The smallest absolute Gasteiger partial charge is 0.261 e. The number of aliphatic carboxylic acids is 1. The van der Waals surface area contributed by atoms with Gasteiger partial charge in [-0.05, 0) is 41.3 Å². The Morgan fingerprint density at radius 1 is 1.06 bits per heavy atom. The minimum absolute atomic E-state index is 0.253. The Balaban J connectivity index is 2.01. The summed E-state index contributed by atoms with van der Waals surface area (Å²) in [5.74, 6) is -0.923. The fourth-order valence-electron chi connectivity index (χ4n) is 3.26. The molecule has 1 aliphatic heterocycles. The monoisotopic (exact) mass is 422 g/mol. The van der Waals surface area contributed by atoms with Gasteiger partial charge in [-0.2, -0.15) is 0 Å². The van der Waals surface area contributed by atoms with Crippen molar-refractivity contribution < 1.29 is 29.0 Å². The second-order valence-electron chi connectivity index (χ2n) is 7.60. The van der Waals surface area contributed by atoms with Crippen LogP contribution in [0.1, 0.15) is 41.8 Å². The van der Waals surface area contributed by atoms with Gasteiger partial charge < -0.3 is 19.4 Å². The molecule has 0 unspecified atom stereocenters. The van der Waals surface area contributed by atoms with Crippen LogP contribution >= 0.6 is 0 Å². The Labute approximate surface area is 180 Å². The van der Waals surface area contributed by atoms with Gasteiger partial charge in [0.05, 0.1) is 13.7 Å². The highest BCUT2D eigenvalue weighted by molar-refractivity contribution is 6.33. The molecule has 0 spiro atoms. The Morgan fingerprint density at radius 3 is 2.42 bits per heavy atom. The van der Waals surface area contributed by atoms with E-state index in [1.165, 1.54) is 7.11 Å². The number of benzene rings is 2. The number of ether oxygens (including phenoxy) is 2. The quantitative estimate of drug-likeness (QED) is 0.479. The van der Waals surface area contributed by atoms with Crippen LogP contribution in [0.25, 0.3) is 11.6 Å². The van der Waals surface area contributed by atoms with E-state index in [-0.39, 0.29) is 6.54 Å². The molecule has 0 saturated heterocycles. The van der Waals surface area contributed by atoms with Gasteiger partial charge in [-0.25, -0.2) is 0 Å². The standard InChI is InChI=1S/C24H25NO6/c1-15(2)14-31-20-9-8-16(13-21(20)30-3)12-19-17-6-4-5-7-18(17)23(28)25(24(19)29)11-10-22(26)27/h4-9,12-13,15H,10-11,14H2,1-3H3,(H,26,27)/p-1/b19-12-. The van der Waals surface area contributed by atoms with Gasteiger partial charge in [0.2, 0.25) is 0 Å². The van der Waals surface area contributed by atoms with Gasteiger partial charge in [-0.15, -0.1) is 0 Å². The summed E-state index contributed by atoms with van der Waals surface area (Å²) in [6, 6.07) is 12.1. The number of carboxylic acid groups (broad SMARTS) is 1. The third-order valence-electron chi connectivity index (χ3n) is 4.78. The normalized spacial score (nSPS) is 14.7. The third kappa shape index (κ3) is 4.94. The molecule has 0 saturated carbocycles. The molecule has 7 heteroatoms. The second kappa shape index (κ2) is 9.47. The summed E-state index contributed by atoms with van der Waals surface area (Å²) in [7, 11) is 1.54. The lowest BCUT2D eigenvalue weighted by Crippen LogP contribution is -2.43. The maximum atomic E-state index is 13.1. The van der Waals surface area contributed by atoms with Crippen molar-refractivity contribution in [3.63, 3.8) is 0 Å². The van der Waals surface area contributed by atoms with E-state index < -0.39 is 24.2 Å². The van der Waals surface area contributed by atoms with Crippen LogP contribution < -0.4 is 14.6 Å². The number of amides is 2. The summed E-state index contributed by atoms with van der Waals surface area (Å²) in [6.45, 7) is 4.38. The number of rotatable bonds is 8. The zero-order valence-electron chi connectivity index (χ0n) is 17.7. The van der Waals surface area contributed by atoms with Crippen molar-refractivity contribution in [3.05, 3.63) is 59.2 Å². The predicted molar refractivity (Wildman–Crippen MR) is 113 cm³/mol. The fourth-order valence-corrected chi connectivity index (χ4v) is 3.26. The average Bonchev–Trinajstić information content (AvgIpc) is 2.75. The van der Waals surface area contributed by atoms with Gasteiger partial charge in [-0.3, -0.25) is 14.5 Å². The predicted octanol–water partition coefficient (Wildman–Crippen LogP) is 2.39. The van der Waals surface area contributed by atoms with E-state index in [1.807, 2.05) is 13.8 Å². The van der Waals surface area contributed by atoms with Crippen LogP contribution in [0.5, 0.6) is 11.5 Å². The minimum atomic E-state index is -1.33. The summed E-state index contributed by atoms with van der Waals surface area (Å²) in [6.07, 6.45) is 1.23. The lowest BCUT2D eigenvalue weighted by Gasteiger charge is -2.28. The molecule has 7 nitrogen and oxygen atoms in total. The number of imide groups is 1. The maximum Gasteiger partial charge on any atom is 0.261 e. The van der Waals surface area contributed by atoms with E-state index in [1.54, 1.807) is 48.5 Å². The Hall–Kier alpha value is -3.61. The number of methoxy groups -OCH3 is 1. The first kappa shape index (κ1) is 22.1. The number of carbonyl (C=O) groups excluding carboxylic acids is 3. The van der Waals surface area contributed by atoms with Crippen LogP contribution in [0.4, 0.5) is 0 Å². The number of nitrogens with zero attached hydrogens (tertiary/aromatic N) is 1. The van der Waals surface area contributed by atoms with E-state index in [9.17, 15) is 19.5 Å². The zero-order chi connectivity index (χ0) is 22.5. The average molecular weight is 422 g/mol. The molecule has 31 heavy (non-hydrogen) atoms. The van der Waals surface area contributed by atoms with Crippen molar-refractivity contribution in [3.8, 4) is 11.5 Å². The SMILES string of the molecule is COc1cc(/C=C2\C(=O)N(CCC(=O)[O-])C(=O)c3ccccc32)ccc1OCC(C)C. The molecule has 162 valence electrons. The highest BCUT2D eigenvalue weighted by Crippen LogP contribution is 2.33. The third-order valence-corrected chi connectivity index (χ3v) is 4.78. The fraction of sp³-hybridized carbons (Fsp3) is 0.292. The van der Waals surface area contributed by atoms with Crippen molar-refractivity contribution in [1.29, 1.82) is 0 Å². The number of carboxylic acids is 1. The number of fused-ring (bicyclic) bond motifs is 1. The molecule has 0 atom stereocenters. The first-order chi connectivity index (χ1) is 14.8. The Morgan fingerprint density at radius 2 is 1.77 bits per heavy atom. The van der Waals surface area contributed by atoms with Crippen molar-refractivity contribution in [2.45, 2.75) is 20.3 Å². The van der Waals surface area contributed by atoms with Crippen LogP contribution in [0.15, 0.2) is 42.5 Å². The molecular weight excluding hydrogens is 398 g/mol. The summed E-state index contributed by atoms with van der Waals surface area (Å²) in [5.41, 5.74) is 1.82. The Kier molecular flexibility index (Phi) is 6.74. The zero-order valence-corrected chi connectivity index (χ0v) is 17.7. The van der Waals surface area contributed by atoms with E-state index in [2.05, 4.69) is 0 Å². The number of hydrogen-bond donors (Lipinski definition) is 0. The van der Waals surface area contributed by atoms with Crippen LogP contribution in [0.2, 0.25) is 0 Å². The maximum absolute atomic E-state index is 13.1. The lowest BCUT2D eigenvalue weighted by atomic mass is 9.92. The van der Waals surface area contributed by atoms with E-state index in [0.29, 0.717) is 46.3 Å². The number of hydrogen-bond acceptors (Lipinski definition) is 6. The van der Waals surface area contributed by atoms with Gasteiger partial charge in [0, 0.05) is 30.1 Å². The molecule has 0 bridgehead atoms. The summed E-state index contributed by atoms with van der Waals surface area (Å²) >= 11 is 0. The topological polar surface area (TPSA) is 96.0 Å². The van der Waals surface area contributed by atoms with Gasteiger partial charge >= 0.3 is 0 Å². The molecule has 0 aliphatic carbocycles. The van der Waals surface area contributed by atoms with Crippen molar-refractivity contribution in [1.82, 2.24) is 4.90 Å². The van der Waals surface area contributed by atoms with E-state index >= 15 is 0 Å².